The molecule has 0 saturated heterocycles. The number of hydrogen-bond donors (Lipinski definition) is 3. The van der Waals surface area contributed by atoms with Gasteiger partial charge in [-0.25, -0.2) is 0 Å². The van der Waals surface area contributed by atoms with Crippen LogP contribution >= 0.6 is 0 Å². The summed E-state index contributed by atoms with van der Waals surface area (Å²) < 4.78 is 5.27. The highest BCUT2D eigenvalue weighted by atomic mass is 16.5. The number of carbonyl (C=O) groups is 3. The lowest BCUT2D eigenvalue weighted by molar-refractivity contribution is -0.118. The van der Waals surface area contributed by atoms with Gasteiger partial charge in [0.25, 0.3) is 11.8 Å². The highest BCUT2D eigenvalue weighted by Gasteiger charge is 2.22. The summed E-state index contributed by atoms with van der Waals surface area (Å²) >= 11 is 0. The number of para-hydroxylation sites is 2. The number of carbonyl (C=O) groups excluding carboxylic acids is 3. The van der Waals surface area contributed by atoms with Gasteiger partial charge >= 0.3 is 0 Å². The zero-order chi connectivity index (χ0) is 26.0. The van der Waals surface area contributed by atoms with E-state index in [1.54, 1.807) is 66.7 Å². The quantitative estimate of drug-likeness (QED) is 0.308. The predicted octanol–water partition coefficient (Wildman–Crippen LogP) is 4.93. The van der Waals surface area contributed by atoms with Gasteiger partial charge in [0, 0.05) is 23.2 Å². The second-order valence-corrected chi connectivity index (χ2v) is 8.30. The highest BCUT2D eigenvalue weighted by Crippen LogP contribution is 2.24. The van der Waals surface area contributed by atoms with Crippen molar-refractivity contribution in [2.75, 3.05) is 17.7 Å². The molecule has 37 heavy (non-hydrogen) atoms. The summed E-state index contributed by atoms with van der Waals surface area (Å²) in [6, 6.07) is 31.1. The second-order valence-electron chi connectivity index (χ2n) is 8.30. The van der Waals surface area contributed by atoms with E-state index in [0.717, 1.165) is 5.56 Å². The summed E-state index contributed by atoms with van der Waals surface area (Å²) in [5, 5.41) is 8.51. The largest absolute Gasteiger partial charge is 0.495 e. The van der Waals surface area contributed by atoms with Gasteiger partial charge in [0.1, 0.15) is 11.8 Å². The fourth-order valence-electron chi connectivity index (χ4n) is 3.77. The Morgan fingerprint density at radius 2 is 1.27 bits per heavy atom. The van der Waals surface area contributed by atoms with E-state index in [9.17, 15) is 14.4 Å². The predicted molar refractivity (Wildman–Crippen MR) is 144 cm³/mol. The summed E-state index contributed by atoms with van der Waals surface area (Å²) in [5.41, 5.74) is 2.87. The van der Waals surface area contributed by atoms with Crippen LogP contribution in [0.25, 0.3) is 0 Å². The van der Waals surface area contributed by atoms with Crippen molar-refractivity contribution >= 4 is 29.1 Å². The third-order valence-electron chi connectivity index (χ3n) is 5.71. The van der Waals surface area contributed by atoms with Gasteiger partial charge in [0.05, 0.1) is 12.8 Å². The van der Waals surface area contributed by atoms with Crippen LogP contribution in [0.3, 0.4) is 0 Å². The van der Waals surface area contributed by atoms with E-state index in [2.05, 4.69) is 16.0 Å². The maximum Gasteiger partial charge on any atom is 0.255 e. The van der Waals surface area contributed by atoms with Crippen LogP contribution in [0.15, 0.2) is 109 Å². The molecule has 0 spiro atoms. The number of ether oxygens (including phenoxy) is 1. The Hall–Kier alpha value is -4.91. The first kappa shape index (κ1) is 25.2. The molecule has 186 valence electrons. The van der Waals surface area contributed by atoms with Gasteiger partial charge in [-0.05, 0) is 54.1 Å². The smallest absolute Gasteiger partial charge is 0.255 e. The van der Waals surface area contributed by atoms with Gasteiger partial charge in [0.15, 0.2) is 0 Å². The minimum Gasteiger partial charge on any atom is -0.495 e. The molecule has 0 saturated carbocycles. The summed E-state index contributed by atoms with van der Waals surface area (Å²) in [4.78, 5) is 38.7. The molecular weight excluding hydrogens is 466 g/mol. The molecule has 7 nitrogen and oxygen atoms in total. The normalized spacial score (nSPS) is 11.2. The van der Waals surface area contributed by atoms with Gasteiger partial charge in [-0.2, -0.15) is 0 Å². The molecule has 0 heterocycles. The van der Waals surface area contributed by atoms with Crippen molar-refractivity contribution in [1.82, 2.24) is 5.32 Å². The number of methoxy groups -OCH3 is 1. The van der Waals surface area contributed by atoms with E-state index in [-0.39, 0.29) is 17.7 Å². The third-order valence-corrected chi connectivity index (χ3v) is 5.71. The topological polar surface area (TPSA) is 96.5 Å². The average Bonchev–Trinajstić information content (AvgIpc) is 2.94. The maximum atomic E-state index is 13.2. The molecule has 0 aliphatic carbocycles. The molecule has 0 unspecified atom stereocenters. The zero-order valence-electron chi connectivity index (χ0n) is 20.3. The van der Waals surface area contributed by atoms with Gasteiger partial charge in [0.2, 0.25) is 5.91 Å². The monoisotopic (exact) mass is 493 g/mol. The minimum atomic E-state index is -0.802. The summed E-state index contributed by atoms with van der Waals surface area (Å²) in [5.74, 6) is -0.444. The van der Waals surface area contributed by atoms with Crippen molar-refractivity contribution in [3.8, 4) is 5.75 Å². The van der Waals surface area contributed by atoms with Crippen LogP contribution in [-0.2, 0) is 11.2 Å². The Morgan fingerprint density at radius 1 is 0.676 bits per heavy atom. The Labute approximate surface area is 215 Å². The molecule has 0 aliphatic rings. The van der Waals surface area contributed by atoms with Crippen LogP contribution in [0.1, 0.15) is 26.3 Å². The molecule has 4 rings (SSSR count). The van der Waals surface area contributed by atoms with Crippen molar-refractivity contribution in [2.45, 2.75) is 12.5 Å². The Bertz CT molecular complexity index is 1360. The molecule has 3 amide bonds. The highest BCUT2D eigenvalue weighted by molar-refractivity contribution is 6.06. The van der Waals surface area contributed by atoms with Crippen LogP contribution in [0, 0.1) is 0 Å². The molecule has 0 fully saturated rings. The molecule has 0 aromatic heterocycles. The minimum absolute atomic E-state index is 0.306. The van der Waals surface area contributed by atoms with Crippen molar-refractivity contribution in [3.63, 3.8) is 0 Å². The standard InChI is InChI=1S/C30H27N3O4/c1-37-27-15-9-8-14-25(27)32-29(35)23-16-18-24(19-17-23)31-30(36)26(20-21-10-4-2-5-11-21)33-28(34)22-12-6-3-7-13-22/h2-19,26H,20H2,1H3,(H,31,36)(H,32,35)(H,33,34)/t26-/m0/s1. The lowest BCUT2D eigenvalue weighted by Gasteiger charge is -2.19. The van der Waals surface area contributed by atoms with Crippen LogP contribution in [0.4, 0.5) is 11.4 Å². The fraction of sp³-hybridized carbons (Fsp3) is 0.100. The van der Waals surface area contributed by atoms with Crippen molar-refractivity contribution in [3.05, 3.63) is 126 Å². The van der Waals surface area contributed by atoms with E-state index in [4.69, 9.17) is 4.74 Å². The van der Waals surface area contributed by atoms with Crippen LogP contribution in [0.5, 0.6) is 5.75 Å². The Kier molecular flexibility index (Phi) is 8.29. The first-order valence-electron chi connectivity index (χ1n) is 11.8. The first-order valence-corrected chi connectivity index (χ1v) is 11.8. The van der Waals surface area contributed by atoms with Crippen LogP contribution < -0.4 is 20.7 Å². The van der Waals surface area contributed by atoms with Crippen molar-refractivity contribution < 1.29 is 19.1 Å². The fourth-order valence-corrected chi connectivity index (χ4v) is 3.77. The van der Waals surface area contributed by atoms with Crippen molar-refractivity contribution in [2.24, 2.45) is 0 Å². The van der Waals surface area contributed by atoms with E-state index >= 15 is 0 Å². The first-order chi connectivity index (χ1) is 18.0. The lowest BCUT2D eigenvalue weighted by atomic mass is 10.0. The van der Waals surface area contributed by atoms with Crippen molar-refractivity contribution in [1.29, 1.82) is 0 Å². The molecule has 0 aliphatic heterocycles. The number of nitrogens with one attached hydrogen (secondary N) is 3. The van der Waals surface area contributed by atoms with E-state index in [1.807, 2.05) is 42.5 Å². The number of rotatable bonds is 9. The van der Waals surface area contributed by atoms with Gasteiger partial charge in [-0.15, -0.1) is 0 Å². The van der Waals surface area contributed by atoms with E-state index < -0.39 is 6.04 Å². The van der Waals surface area contributed by atoms with Crippen LogP contribution in [0.2, 0.25) is 0 Å². The second kappa shape index (κ2) is 12.2. The van der Waals surface area contributed by atoms with Gasteiger partial charge < -0.3 is 20.7 Å². The molecule has 1 atom stereocenters. The lowest BCUT2D eigenvalue weighted by Crippen LogP contribution is -2.45. The van der Waals surface area contributed by atoms with Crippen LogP contribution in [-0.4, -0.2) is 30.9 Å². The Morgan fingerprint density at radius 3 is 1.95 bits per heavy atom. The summed E-state index contributed by atoms with van der Waals surface area (Å²) in [6.45, 7) is 0. The van der Waals surface area contributed by atoms with Gasteiger partial charge in [-0.3, -0.25) is 14.4 Å². The molecule has 4 aromatic carbocycles. The molecular formula is C30H27N3O4. The molecule has 4 aromatic rings. The SMILES string of the molecule is COc1ccccc1NC(=O)c1ccc(NC(=O)[C@H](Cc2ccccc2)NC(=O)c2ccccc2)cc1. The van der Waals surface area contributed by atoms with Gasteiger partial charge in [-0.1, -0.05) is 60.7 Å². The van der Waals surface area contributed by atoms with E-state index in [1.165, 1.54) is 7.11 Å². The molecule has 0 radical (unpaired) electrons. The Balaban J connectivity index is 1.45. The summed E-state index contributed by atoms with van der Waals surface area (Å²) in [6.07, 6.45) is 0.324. The molecule has 7 heteroatoms. The average molecular weight is 494 g/mol. The van der Waals surface area contributed by atoms with E-state index in [0.29, 0.717) is 34.7 Å². The maximum absolute atomic E-state index is 13.2. The summed E-state index contributed by atoms with van der Waals surface area (Å²) in [7, 11) is 1.54. The number of benzene rings is 4. The number of hydrogen-bond acceptors (Lipinski definition) is 4. The zero-order valence-corrected chi connectivity index (χ0v) is 20.3. The molecule has 3 N–H and O–H groups in total. The number of amides is 3. The number of anilines is 2. The molecule has 0 bridgehead atoms. The third kappa shape index (κ3) is 6.82.